The molecule has 2 aliphatic heterocycles. The third-order valence-electron chi connectivity index (χ3n) is 5.48. The van der Waals surface area contributed by atoms with Crippen LogP contribution in [0.4, 0.5) is 0 Å². The fraction of sp³-hybridized carbons (Fsp3) is 0.476. The van der Waals surface area contributed by atoms with Gasteiger partial charge < -0.3 is 23.4 Å². The molecule has 3 heterocycles. The van der Waals surface area contributed by atoms with Gasteiger partial charge in [-0.05, 0) is 45.9 Å². The molecule has 154 valence electrons. The van der Waals surface area contributed by atoms with Crippen LogP contribution < -0.4 is 10.4 Å². The lowest BCUT2D eigenvalue weighted by atomic mass is 9.87. The molecule has 1 aromatic carbocycles. The van der Waals surface area contributed by atoms with Crippen LogP contribution in [-0.2, 0) is 23.8 Å². The van der Waals surface area contributed by atoms with Crippen molar-refractivity contribution in [2.45, 2.75) is 64.1 Å². The highest BCUT2D eigenvalue weighted by atomic mass is 16.7. The number of hydrogen-bond acceptors (Lipinski definition) is 8. The van der Waals surface area contributed by atoms with Crippen LogP contribution in [0.5, 0.6) is 5.75 Å². The third kappa shape index (κ3) is 3.17. The Morgan fingerprint density at radius 2 is 1.72 bits per heavy atom. The summed E-state index contributed by atoms with van der Waals surface area (Å²) in [6, 6.07) is 6.36. The lowest BCUT2D eigenvalue weighted by Crippen LogP contribution is -2.52. The molecule has 1 fully saturated rings. The van der Waals surface area contributed by atoms with Crippen LogP contribution in [0.25, 0.3) is 11.0 Å². The van der Waals surface area contributed by atoms with Crippen LogP contribution in [0.15, 0.2) is 33.5 Å². The summed E-state index contributed by atoms with van der Waals surface area (Å²) in [5.41, 5.74) is -2.08. The minimum absolute atomic E-state index is 0.218. The highest BCUT2D eigenvalue weighted by Gasteiger charge is 2.59. The number of fused-ring (bicyclic) bond motifs is 3. The summed E-state index contributed by atoms with van der Waals surface area (Å²) < 4.78 is 28.2. The summed E-state index contributed by atoms with van der Waals surface area (Å²) in [5, 5.41) is 0.622. The first-order valence-electron chi connectivity index (χ1n) is 9.35. The molecular weight excluding hydrogens is 380 g/mol. The number of epoxide rings is 1. The summed E-state index contributed by atoms with van der Waals surface area (Å²) in [7, 11) is 0. The molecule has 29 heavy (non-hydrogen) atoms. The fourth-order valence-corrected chi connectivity index (χ4v) is 3.63. The Kier molecular flexibility index (Phi) is 4.24. The molecule has 0 aliphatic carbocycles. The monoisotopic (exact) mass is 402 g/mol. The zero-order valence-corrected chi connectivity index (χ0v) is 16.8. The summed E-state index contributed by atoms with van der Waals surface area (Å²) in [4.78, 5) is 36.5. The number of benzene rings is 1. The normalized spacial score (nSPS) is 29.5. The van der Waals surface area contributed by atoms with E-state index in [4.69, 9.17) is 23.4 Å². The fourth-order valence-electron chi connectivity index (χ4n) is 3.63. The van der Waals surface area contributed by atoms with Gasteiger partial charge in [0.1, 0.15) is 16.9 Å². The van der Waals surface area contributed by atoms with Crippen molar-refractivity contribution in [2.75, 3.05) is 0 Å². The maximum atomic E-state index is 12.8. The van der Waals surface area contributed by atoms with E-state index in [-0.39, 0.29) is 11.7 Å². The average Bonchev–Trinajstić information content (AvgIpc) is 3.25. The second-order valence-electron chi connectivity index (χ2n) is 8.08. The summed E-state index contributed by atoms with van der Waals surface area (Å²) in [6.45, 7) is 8.12. The zero-order valence-electron chi connectivity index (χ0n) is 16.8. The molecule has 2 aromatic rings. The molecule has 4 atom stereocenters. The minimum Gasteiger partial charge on any atom is -0.483 e. The van der Waals surface area contributed by atoms with Crippen molar-refractivity contribution in [3.63, 3.8) is 0 Å². The lowest BCUT2D eigenvalue weighted by Gasteiger charge is -2.43. The minimum atomic E-state index is -1.07. The largest absolute Gasteiger partial charge is 0.483 e. The Labute approximate surface area is 166 Å². The predicted molar refractivity (Wildman–Crippen MR) is 101 cm³/mol. The Hall–Kier alpha value is -2.87. The summed E-state index contributed by atoms with van der Waals surface area (Å²) >= 11 is 0. The van der Waals surface area contributed by atoms with Crippen LogP contribution in [0.3, 0.4) is 0 Å². The van der Waals surface area contributed by atoms with E-state index in [1.807, 2.05) is 0 Å². The van der Waals surface area contributed by atoms with Gasteiger partial charge in [0.2, 0.25) is 0 Å². The number of ether oxygens (including phenoxy) is 4. The molecule has 0 N–H and O–H groups in total. The van der Waals surface area contributed by atoms with E-state index >= 15 is 0 Å². The van der Waals surface area contributed by atoms with Crippen molar-refractivity contribution in [1.29, 1.82) is 0 Å². The average molecular weight is 402 g/mol. The number of rotatable bonds is 3. The lowest BCUT2D eigenvalue weighted by molar-refractivity contribution is -0.191. The van der Waals surface area contributed by atoms with E-state index in [0.29, 0.717) is 16.7 Å². The van der Waals surface area contributed by atoms with Gasteiger partial charge in [0.15, 0.2) is 17.8 Å². The van der Waals surface area contributed by atoms with E-state index in [2.05, 4.69) is 0 Å². The van der Waals surface area contributed by atoms with Crippen molar-refractivity contribution in [1.82, 2.24) is 0 Å². The SMILES string of the molecule is CC(=O)OC1C(OC(=O)C2(C)OC2C)c2c(ccc3ccc(=O)oc23)OC1(C)C. The van der Waals surface area contributed by atoms with E-state index in [0.717, 1.165) is 0 Å². The second kappa shape index (κ2) is 6.32. The molecule has 0 radical (unpaired) electrons. The quantitative estimate of drug-likeness (QED) is 0.438. The van der Waals surface area contributed by atoms with Gasteiger partial charge in [-0.2, -0.15) is 0 Å². The van der Waals surface area contributed by atoms with Gasteiger partial charge in [-0.3, -0.25) is 4.79 Å². The predicted octanol–water partition coefficient (Wildman–Crippen LogP) is 2.66. The van der Waals surface area contributed by atoms with Gasteiger partial charge in [-0.25, -0.2) is 9.59 Å². The van der Waals surface area contributed by atoms with Crippen LogP contribution in [0.2, 0.25) is 0 Å². The number of hydrogen-bond donors (Lipinski definition) is 0. The third-order valence-corrected chi connectivity index (χ3v) is 5.48. The van der Waals surface area contributed by atoms with Gasteiger partial charge in [0.25, 0.3) is 0 Å². The van der Waals surface area contributed by atoms with Crippen molar-refractivity contribution < 1.29 is 33.0 Å². The van der Waals surface area contributed by atoms with Crippen LogP contribution in [0, 0.1) is 0 Å². The van der Waals surface area contributed by atoms with E-state index in [9.17, 15) is 14.4 Å². The molecule has 0 amide bonds. The van der Waals surface area contributed by atoms with Gasteiger partial charge in [-0.15, -0.1) is 0 Å². The van der Waals surface area contributed by atoms with Gasteiger partial charge in [0.05, 0.1) is 11.7 Å². The molecule has 4 rings (SSSR count). The van der Waals surface area contributed by atoms with Crippen molar-refractivity contribution >= 4 is 22.9 Å². The van der Waals surface area contributed by atoms with E-state index in [1.165, 1.54) is 13.0 Å². The first-order valence-corrected chi connectivity index (χ1v) is 9.35. The molecule has 1 aromatic heterocycles. The zero-order chi connectivity index (χ0) is 21.1. The number of carbonyl (C=O) groups is 2. The van der Waals surface area contributed by atoms with Gasteiger partial charge in [-0.1, -0.05) is 0 Å². The van der Waals surface area contributed by atoms with Crippen molar-refractivity contribution in [3.8, 4) is 5.75 Å². The Morgan fingerprint density at radius 3 is 2.34 bits per heavy atom. The maximum absolute atomic E-state index is 12.8. The van der Waals surface area contributed by atoms with Crippen LogP contribution in [-0.4, -0.2) is 35.3 Å². The standard InChI is InChI=1S/C21H22O8/c1-10-21(5,28-10)19(24)27-17-15-13(29-20(3,4)18(17)25-11(2)22)8-6-12-7-9-14(23)26-16(12)15/h6-10,17-18H,1-5H3. The van der Waals surface area contributed by atoms with Crippen molar-refractivity contribution in [2.24, 2.45) is 0 Å². The Morgan fingerprint density at radius 1 is 1.07 bits per heavy atom. The Bertz CT molecular complexity index is 1070. The molecule has 2 aliphatic rings. The molecule has 4 unspecified atom stereocenters. The van der Waals surface area contributed by atoms with E-state index in [1.54, 1.807) is 45.9 Å². The highest BCUT2D eigenvalue weighted by Crippen LogP contribution is 2.48. The Balaban J connectivity index is 1.89. The summed E-state index contributed by atoms with van der Waals surface area (Å²) in [6.07, 6.45) is -2.31. The maximum Gasteiger partial charge on any atom is 0.341 e. The smallest absolute Gasteiger partial charge is 0.341 e. The summed E-state index contributed by atoms with van der Waals surface area (Å²) in [5.74, 6) is -0.765. The van der Waals surface area contributed by atoms with Gasteiger partial charge >= 0.3 is 17.6 Å². The first-order chi connectivity index (χ1) is 13.5. The molecule has 0 spiro atoms. The van der Waals surface area contributed by atoms with Gasteiger partial charge in [0, 0.05) is 18.4 Å². The topological polar surface area (TPSA) is 105 Å². The number of carbonyl (C=O) groups excluding carboxylic acids is 2. The molecule has 0 bridgehead atoms. The first kappa shape index (κ1) is 19.4. The second-order valence-corrected chi connectivity index (χ2v) is 8.08. The van der Waals surface area contributed by atoms with Crippen LogP contribution in [0.1, 0.15) is 46.3 Å². The molecule has 0 saturated carbocycles. The number of esters is 2. The molecular formula is C21H22O8. The molecule has 8 heteroatoms. The van der Waals surface area contributed by atoms with E-state index < -0.39 is 41.0 Å². The van der Waals surface area contributed by atoms with Crippen molar-refractivity contribution in [3.05, 3.63) is 40.2 Å². The van der Waals surface area contributed by atoms with Crippen LogP contribution >= 0.6 is 0 Å². The molecule has 8 nitrogen and oxygen atoms in total. The highest BCUT2D eigenvalue weighted by molar-refractivity contribution is 5.86. The molecule has 1 saturated heterocycles.